The summed E-state index contributed by atoms with van der Waals surface area (Å²) >= 11 is 0. The first-order valence-electron chi connectivity index (χ1n) is 9.99. The first-order chi connectivity index (χ1) is 15.0. The van der Waals surface area contributed by atoms with Crippen LogP contribution in [0.5, 0.6) is 17.2 Å². The number of nitrogens with one attached hydrogen (secondary N) is 1. The molecule has 0 aliphatic heterocycles. The van der Waals surface area contributed by atoms with Gasteiger partial charge in [0.1, 0.15) is 17.2 Å². The lowest BCUT2D eigenvalue weighted by atomic mass is 10.1. The SMILES string of the molecule is COc1ccc(OC)c(NC(=O)CN(Cc2ccc(C)cc2)c2ccccc2OC)c1. The Bertz CT molecular complexity index is 1020. The molecule has 0 bridgehead atoms. The molecule has 0 spiro atoms. The van der Waals surface area contributed by atoms with E-state index in [-0.39, 0.29) is 12.5 Å². The van der Waals surface area contributed by atoms with Gasteiger partial charge < -0.3 is 24.4 Å². The van der Waals surface area contributed by atoms with Crippen LogP contribution < -0.4 is 24.4 Å². The van der Waals surface area contributed by atoms with Crippen LogP contribution in [0.25, 0.3) is 0 Å². The van der Waals surface area contributed by atoms with Gasteiger partial charge in [-0.1, -0.05) is 42.0 Å². The molecule has 0 atom stereocenters. The topological polar surface area (TPSA) is 60.0 Å². The smallest absolute Gasteiger partial charge is 0.244 e. The van der Waals surface area contributed by atoms with Crippen molar-refractivity contribution in [3.63, 3.8) is 0 Å². The second-order valence-electron chi connectivity index (χ2n) is 7.13. The van der Waals surface area contributed by atoms with Crippen molar-refractivity contribution < 1.29 is 19.0 Å². The molecule has 0 saturated carbocycles. The van der Waals surface area contributed by atoms with Crippen LogP contribution in [0.3, 0.4) is 0 Å². The zero-order chi connectivity index (χ0) is 22.2. The maximum Gasteiger partial charge on any atom is 0.244 e. The van der Waals surface area contributed by atoms with E-state index in [0.29, 0.717) is 29.5 Å². The Hall–Kier alpha value is -3.67. The number of rotatable bonds is 9. The summed E-state index contributed by atoms with van der Waals surface area (Å²) in [6.07, 6.45) is 0. The first-order valence-corrected chi connectivity index (χ1v) is 9.99. The predicted molar refractivity (Wildman–Crippen MR) is 123 cm³/mol. The summed E-state index contributed by atoms with van der Waals surface area (Å²) in [6, 6.07) is 21.2. The van der Waals surface area contributed by atoms with Crippen LogP contribution in [0.15, 0.2) is 66.7 Å². The summed E-state index contributed by atoms with van der Waals surface area (Å²) in [5, 5.41) is 2.94. The van der Waals surface area contributed by atoms with Crippen LogP contribution in [-0.4, -0.2) is 33.8 Å². The molecule has 0 unspecified atom stereocenters. The number of carbonyl (C=O) groups is 1. The molecule has 31 heavy (non-hydrogen) atoms. The van der Waals surface area contributed by atoms with Crippen molar-refractivity contribution in [2.24, 2.45) is 0 Å². The van der Waals surface area contributed by atoms with Crippen LogP contribution >= 0.6 is 0 Å². The Balaban J connectivity index is 1.86. The lowest BCUT2D eigenvalue weighted by Crippen LogP contribution is -2.33. The molecule has 0 aliphatic carbocycles. The number of amides is 1. The highest BCUT2D eigenvalue weighted by Crippen LogP contribution is 2.31. The third-order valence-electron chi connectivity index (χ3n) is 4.94. The average Bonchev–Trinajstić information content (AvgIpc) is 2.79. The largest absolute Gasteiger partial charge is 0.497 e. The predicted octanol–water partition coefficient (Wildman–Crippen LogP) is 4.67. The van der Waals surface area contributed by atoms with Crippen molar-refractivity contribution >= 4 is 17.3 Å². The van der Waals surface area contributed by atoms with Gasteiger partial charge in [-0.05, 0) is 36.8 Å². The molecule has 0 saturated heterocycles. The number of hydrogen-bond donors (Lipinski definition) is 1. The lowest BCUT2D eigenvalue weighted by molar-refractivity contribution is -0.115. The van der Waals surface area contributed by atoms with E-state index in [1.807, 2.05) is 29.2 Å². The van der Waals surface area contributed by atoms with Gasteiger partial charge in [-0.3, -0.25) is 4.79 Å². The molecule has 0 aromatic heterocycles. The van der Waals surface area contributed by atoms with E-state index in [1.165, 1.54) is 5.56 Å². The molecule has 0 fully saturated rings. The normalized spacial score (nSPS) is 10.3. The van der Waals surface area contributed by atoms with Gasteiger partial charge in [0.2, 0.25) is 5.91 Å². The van der Waals surface area contributed by atoms with E-state index in [1.54, 1.807) is 39.5 Å². The number of hydrogen-bond acceptors (Lipinski definition) is 5. The quantitative estimate of drug-likeness (QED) is 0.545. The summed E-state index contributed by atoms with van der Waals surface area (Å²) in [6.45, 7) is 2.74. The molecule has 3 aromatic carbocycles. The second-order valence-corrected chi connectivity index (χ2v) is 7.13. The van der Waals surface area contributed by atoms with E-state index in [2.05, 4.69) is 36.5 Å². The van der Waals surface area contributed by atoms with Crippen LogP contribution in [0.2, 0.25) is 0 Å². The average molecular weight is 421 g/mol. The molecule has 6 heteroatoms. The van der Waals surface area contributed by atoms with Crippen LogP contribution in [0.4, 0.5) is 11.4 Å². The van der Waals surface area contributed by atoms with E-state index < -0.39 is 0 Å². The third kappa shape index (κ3) is 5.69. The fraction of sp³-hybridized carbons (Fsp3) is 0.240. The van der Waals surface area contributed by atoms with Crippen molar-refractivity contribution in [3.8, 4) is 17.2 Å². The van der Waals surface area contributed by atoms with E-state index in [9.17, 15) is 4.79 Å². The first kappa shape index (κ1) is 22.0. The Morgan fingerprint density at radius 3 is 2.26 bits per heavy atom. The third-order valence-corrected chi connectivity index (χ3v) is 4.94. The van der Waals surface area contributed by atoms with Gasteiger partial charge in [0.25, 0.3) is 0 Å². The second kappa shape index (κ2) is 10.4. The van der Waals surface area contributed by atoms with Crippen LogP contribution in [0, 0.1) is 6.92 Å². The Morgan fingerprint density at radius 2 is 1.58 bits per heavy atom. The summed E-state index contributed by atoms with van der Waals surface area (Å²) in [5.74, 6) is 1.74. The summed E-state index contributed by atoms with van der Waals surface area (Å²) in [4.78, 5) is 15.0. The Kier molecular flexibility index (Phi) is 7.38. The van der Waals surface area contributed by atoms with Gasteiger partial charge in [-0.2, -0.15) is 0 Å². The van der Waals surface area contributed by atoms with E-state index in [0.717, 1.165) is 11.3 Å². The van der Waals surface area contributed by atoms with Gasteiger partial charge in [0.05, 0.1) is 39.2 Å². The zero-order valence-corrected chi connectivity index (χ0v) is 18.3. The van der Waals surface area contributed by atoms with Gasteiger partial charge in [-0.15, -0.1) is 0 Å². The van der Waals surface area contributed by atoms with E-state index >= 15 is 0 Å². The molecule has 0 radical (unpaired) electrons. The number of benzene rings is 3. The van der Waals surface area contributed by atoms with Gasteiger partial charge in [0, 0.05) is 12.6 Å². The highest BCUT2D eigenvalue weighted by atomic mass is 16.5. The van der Waals surface area contributed by atoms with Crippen molar-refractivity contribution in [3.05, 3.63) is 77.9 Å². The molecule has 6 nitrogen and oxygen atoms in total. The highest BCUT2D eigenvalue weighted by Gasteiger charge is 2.17. The maximum atomic E-state index is 13.0. The molecule has 0 aliphatic rings. The minimum atomic E-state index is -0.176. The van der Waals surface area contributed by atoms with Crippen molar-refractivity contribution in [2.75, 3.05) is 38.1 Å². The number of aryl methyl sites for hydroxylation is 1. The molecule has 1 N–H and O–H groups in total. The minimum Gasteiger partial charge on any atom is -0.497 e. The van der Waals surface area contributed by atoms with Crippen molar-refractivity contribution in [1.82, 2.24) is 0 Å². The Labute approximate surface area is 183 Å². The fourth-order valence-electron chi connectivity index (χ4n) is 3.31. The molecular weight excluding hydrogens is 392 g/mol. The van der Waals surface area contributed by atoms with E-state index in [4.69, 9.17) is 14.2 Å². The maximum absolute atomic E-state index is 13.0. The van der Waals surface area contributed by atoms with Gasteiger partial charge in [0.15, 0.2) is 0 Å². The number of nitrogens with zero attached hydrogens (tertiary/aromatic N) is 1. The molecule has 0 heterocycles. The molecule has 3 aromatic rings. The molecular formula is C25H28N2O4. The highest BCUT2D eigenvalue weighted by molar-refractivity contribution is 5.95. The fourth-order valence-corrected chi connectivity index (χ4v) is 3.31. The van der Waals surface area contributed by atoms with Crippen LogP contribution in [-0.2, 0) is 11.3 Å². The standard InChI is InChI=1S/C25H28N2O4/c1-18-9-11-19(12-10-18)16-27(22-7-5-6-8-24(22)31-4)17-25(28)26-21-15-20(29-2)13-14-23(21)30-3/h5-15H,16-17H2,1-4H3,(H,26,28). The van der Waals surface area contributed by atoms with Crippen LogP contribution in [0.1, 0.15) is 11.1 Å². The lowest BCUT2D eigenvalue weighted by Gasteiger charge is -2.26. The number of anilines is 2. The minimum absolute atomic E-state index is 0.134. The monoisotopic (exact) mass is 420 g/mol. The summed E-state index contributed by atoms with van der Waals surface area (Å²) in [7, 11) is 4.78. The molecule has 162 valence electrons. The number of carbonyl (C=O) groups excluding carboxylic acids is 1. The number of methoxy groups -OCH3 is 3. The van der Waals surface area contributed by atoms with Gasteiger partial charge in [-0.25, -0.2) is 0 Å². The summed E-state index contributed by atoms with van der Waals surface area (Å²) < 4.78 is 16.2. The van der Waals surface area contributed by atoms with Crippen molar-refractivity contribution in [2.45, 2.75) is 13.5 Å². The Morgan fingerprint density at radius 1 is 0.871 bits per heavy atom. The number of para-hydroxylation sites is 2. The van der Waals surface area contributed by atoms with Gasteiger partial charge >= 0.3 is 0 Å². The number of ether oxygens (including phenoxy) is 3. The summed E-state index contributed by atoms with van der Waals surface area (Å²) in [5.41, 5.74) is 3.69. The molecule has 1 amide bonds. The van der Waals surface area contributed by atoms with Crippen molar-refractivity contribution in [1.29, 1.82) is 0 Å². The molecule has 3 rings (SSSR count). The zero-order valence-electron chi connectivity index (χ0n) is 18.3.